The number of hydrogen-bond donors (Lipinski definition) is 3. The van der Waals surface area contributed by atoms with E-state index in [1.54, 1.807) is 5.32 Å². The summed E-state index contributed by atoms with van der Waals surface area (Å²) in [5.74, 6) is -4.53. The molecule has 2 aliphatic heterocycles. The van der Waals surface area contributed by atoms with Gasteiger partial charge in [-0.3, -0.25) is 14.4 Å². The number of amides is 3. The first-order valence-electron chi connectivity index (χ1n) is 12.5. The van der Waals surface area contributed by atoms with Crippen LogP contribution < -0.4 is 20.1 Å². The van der Waals surface area contributed by atoms with Crippen LogP contribution in [0.2, 0.25) is 0 Å². The van der Waals surface area contributed by atoms with Crippen molar-refractivity contribution in [2.45, 2.75) is 49.8 Å². The van der Waals surface area contributed by atoms with E-state index < -0.39 is 57.2 Å². The summed E-state index contributed by atoms with van der Waals surface area (Å²) in [5, 5.41) is 4.28. The lowest BCUT2D eigenvalue weighted by Gasteiger charge is -2.39. The van der Waals surface area contributed by atoms with E-state index in [-0.39, 0.29) is 48.1 Å². The molecule has 0 spiro atoms. The molecule has 2 aliphatic rings. The smallest absolute Gasteiger partial charge is 0.410 e. The third-order valence-corrected chi connectivity index (χ3v) is 8.63. The predicted octanol–water partition coefficient (Wildman–Crippen LogP) is 2.07. The average Bonchev–Trinajstić information content (AvgIpc) is 3.19. The van der Waals surface area contributed by atoms with Gasteiger partial charge in [-0.25, -0.2) is 17.5 Å². The van der Waals surface area contributed by atoms with Gasteiger partial charge in [0.15, 0.2) is 11.4 Å². The van der Waals surface area contributed by atoms with E-state index in [2.05, 4.69) is 10.0 Å². The molecule has 0 aliphatic carbocycles. The number of aromatic nitrogens is 1. The zero-order valence-corrected chi connectivity index (χ0v) is 23.4. The van der Waals surface area contributed by atoms with Crippen molar-refractivity contribution in [1.82, 2.24) is 19.5 Å². The fraction of sp³-hybridized carbons (Fsp3) is 0.480. The maximum atomic E-state index is 13.6. The van der Waals surface area contributed by atoms with E-state index in [0.29, 0.717) is 5.56 Å². The van der Waals surface area contributed by atoms with Gasteiger partial charge in [-0.1, -0.05) is 0 Å². The van der Waals surface area contributed by atoms with Crippen molar-refractivity contribution in [3.05, 3.63) is 41.5 Å². The standard InChI is InChI=1S/C25H29F4N5O6S/c1-13-9-15(5-6-16(13)26)30-21(35)19-20-18(11-33(19)4)41(38,39)32-17-10-34(8-7-14(17)12-40-20)23(37)22(36)31-24(2,3)25(27,28)29/h5-6,9,11,14,17,32H,7-8,10,12H2,1-4H3,(H,30,35)(H,31,36)/t14-,17+/m0/s1. The number of benzene rings is 1. The van der Waals surface area contributed by atoms with Crippen LogP contribution in [0.5, 0.6) is 5.75 Å². The summed E-state index contributed by atoms with van der Waals surface area (Å²) in [5.41, 5.74) is -2.17. The van der Waals surface area contributed by atoms with Gasteiger partial charge in [0.25, 0.3) is 5.91 Å². The second-order valence-electron chi connectivity index (χ2n) is 10.6. The van der Waals surface area contributed by atoms with Crippen molar-refractivity contribution in [2.24, 2.45) is 13.0 Å². The van der Waals surface area contributed by atoms with Gasteiger partial charge in [0, 0.05) is 44.0 Å². The second-order valence-corrected chi connectivity index (χ2v) is 12.3. The first-order valence-corrected chi connectivity index (χ1v) is 14.0. The molecule has 2 atom stereocenters. The minimum Gasteiger partial charge on any atom is -0.489 e. The van der Waals surface area contributed by atoms with Gasteiger partial charge < -0.3 is 24.8 Å². The highest BCUT2D eigenvalue weighted by atomic mass is 32.2. The van der Waals surface area contributed by atoms with Gasteiger partial charge >= 0.3 is 18.0 Å². The fourth-order valence-corrected chi connectivity index (χ4v) is 6.09. The van der Waals surface area contributed by atoms with Crippen molar-refractivity contribution in [3.63, 3.8) is 0 Å². The van der Waals surface area contributed by atoms with Gasteiger partial charge in [-0.05, 0) is 51.0 Å². The summed E-state index contributed by atoms with van der Waals surface area (Å²) in [6.07, 6.45) is -3.46. The second kappa shape index (κ2) is 10.6. The van der Waals surface area contributed by atoms with Gasteiger partial charge in [0.1, 0.15) is 16.3 Å². The number of alkyl halides is 3. The molecule has 1 fully saturated rings. The van der Waals surface area contributed by atoms with Crippen LogP contribution in [0.25, 0.3) is 0 Å². The Morgan fingerprint density at radius 1 is 1.17 bits per heavy atom. The molecular formula is C25H29F4N5O6S. The quantitative estimate of drug-likeness (QED) is 0.363. The Labute approximate surface area is 233 Å². The normalized spacial score (nSPS) is 20.5. The number of nitrogens with zero attached hydrogens (tertiary/aromatic N) is 2. The zero-order valence-electron chi connectivity index (χ0n) is 22.6. The van der Waals surface area contributed by atoms with Crippen LogP contribution in [0, 0.1) is 18.7 Å². The van der Waals surface area contributed by atoms with E-state index >= 15 is 0 Å². The lowest BCUT2D eigenvalue weighted by Crippen LogP contribution is -2.61. The Morgan fingerprint density at radius 3 is 2.49 bits per heavy atom. The maximum absolute atomic E-state index is 13.6. The number of hydrogen-bond acceptors (Lipinski definition) is 6. The van der Waals surface area contributed by atoms with Crippen molar-refractivity contribution < 1.29 is 45.1 Å². The number of halogens is 4. The maximum Gasteiger partial charge on any atom is 0.410 e. The third-order valence-electron chi connectivity index (χ3n) is 7.14. The van der Waals surface area contributed by atoms with Crippen LogP contribution >= 0.6 is 0 Å². The monoisotopic (exact) mass is 603 g/mol. The molecule has 0 radical (unpaired) electrons. The highest BCUT2D eigenvalue weighted by Crippen LogP contribution is 2.35. The number of sulfonamides is 1. The Balaban J connectivity index is 1.54. The Bertz CT molecular complexity index is 1500. The first-order chi connectivity index (χ1) is 18.9. The van der Waals surface area contributed by atoms with E-state index in [9.17, 15) is 40.4 Å². The summed E-state index contributed by atoms with van der Waals surface area (Å²) >= 11 is 0. The average molecular weight is 604 g/mol. The van der Waals surface area contributed by atoms with Gasteiger partial charge in [-0.15, -0.1) is 0 Å². The zero-order chi connectivity index (χ0) is 30.5. The molecule has 1 aromatic carbocycles. The molecule has 224 valence electrons. The van der Waals surface area contributed by atoms with E-state index in [4.69, 9.17) is 4.74 Å². The molecule has 3 amide bonds. The van der Waals surface area contributed by atoms with Crippen molar-refractivity contribution in [3.8, 4) is 5.75 Å². The number of anilines is 1. The number of ether oxygens (including phenoxy) is 1. The Hall–Kier alpha value is -3.66. The van der Waals surface area contributed by atoms with Crippen molar-refractivity contribution >= 4 is 33.4 Å². The Morgan fingerprint density at radius 2 is 1.85 bits per heavy atom. The van der Waals surface area contributed by atoms with Crippen molar-refractivity contribution in [1.29, 1.82) is 0 Å². The summed E-state index contributed by atoms with van der Waals surface area (Å²) in [4.78, 5) is 38.8. The number of nitrogens with one attached hydrogen (secondary N) is 3. The molecule has 1 saturated heterocycles. The highest BCUT2D eigenvalue weighted by Gasteiger charge is 2.50. The van der Waals surface area contributed by atoms with Crippen LogP contribution in [-0.2, 0) is 26.7 Å². The summed E-state index contributed by atoms with van der Waals surface area (Å²) < 4.78 is 89.4. The molecular weight excluding hydrogens is 574 g/mol. The molecule has 4 rings (SSSR count). The molecule has 1 aromatic heterocycles. The van der Waals surface area contributed by atoms with Crippen LogP contribution in [0.1, 0.15) is 36.3 Å². The summed E-state index contributed by atoms with van der Waals surface area (Å²) in [7, 11) is -2.88. The number of rotatable bonds is 3. The topological polar surface area (TPSA) is 139 Å². The number of aryl methyl sites for hydroxylation is 2. The third kappa shape index (κ3) is 6.02. The number of fused-ring (bicyclic) bond motifs is 2. The molecule has 0 saturated carbocycles. The van der Waals surface area contributed by atoms with Crippen LogP contribution in [0.4, 0.5) is 23.2 Å². The fourth-order valence-electron chi connectivity index (χ4n) is 4.61. The van der Waals surface area contributed by atoms with Crippen LogP contribution in [0.3, 0.4) is 0 Å². The van der Waals surface area contributed by atoms with Crippen molar-refractivity contribution in [2.75, 3.05) is 25.0 Å². The molecule has 16 heteroatoms. The predicted molar refractivity (Wildman–Crippen MR) is 137 cm³/mol. The molecule has 41 heavy (non-hydrogen) atoms. The van der Waals surface area contributed by atoms with E-state index in [1.807, 2.05) is 0 Å². The number of carbonyl (C=O) groups is 3. The van der Waals surface area contributed by atoms with Gasteiger partial charge in [-0.2, -0.15) is 13.2 Å². The Kier molecular flexibility index (Phi) is 7.86. The number of piperidine rings is 1. The SMILES string of the molecule is Cc1cc(NC(=O)c2c3c(cn2C)S(=O)(=O)N[C@@H]2CN(C(=O)C(=O)NC(C)(C)C(F)(F)F)CC[C@H]2CO3)ccc1F. The van der Waals surface area contributed by atoms with Gasteiger partial charge in [0.2, 0.25) is 10.0 Å². The lowest BCUT2D eigenvalue weighted by molar-refractivity contribution is -0.189. The van der Waals surface area contributed by atoms with E-state index in [1.165, 1.54) is 42.9 Å². The summed E-state index contributed by atoms with van der Waals surface area (Å²) in [6.45, 7) is 2.58. The number of carbonyl (C=O) groups excluding carboxylic acids is 3. The minimum absolute atomic E-state index is 0.0378. The molecule has 2 aromatic rings. The van der Waals surface area contributed by atoms with Gasteiger partial charge in [0.05, 0.1) is 6.61 Å². The largest absolute Gasteiger partial charge is 0.489 e. The van der Waals surface area contributed by atoms with E-state index in [0.717, 1.165) is 18.7 Å². The molecule has 0 unspecified atom stereocenters. The van der Waals surface area contributed by atoms with Crippen LogP contribution in [0.15, 0.2) is 29.3 Å². The first kappa shape index (κ1) is 30.3. The molecule has 0 bridgehead atoms. The number of likely N-dealkylation sites (tertiary alicyclic amines) is 1. The highest BCUT2D eigenvalue weighted by molar-refractivity contribution is 7.89. The molecule has 3 N–H and O–H groups in total. The molecule has 3 heterocycles. The molecule has 11 nitrogen and oxygen atoms in total. The lowest BCUT2D eigenvalue weighted by atomic mass is 9.92. The van der Waals surface area contributed by atoms with Crippen LogP contribution in [-0.4, -0.2) is 73.1 Å². The summed E-state index contributed by atoms with van der Waals surface area (Å²) in [6, 6.07) is 3.04. The minimum atomic E-state index is -4.80.